The lowest BCUT2D eigenvalue weighted by Crippen LogP contribution is -2.33. The Morgan fingerprint density at radius 1 is 1.26 bits per heavy atom. The number of nitrogens with zero attached hydrogens (tertiary/aromatic N) is 1. The van der Waals surface area contributed by atoms with E-state index >= 15 is 0 Å². The lowest BCUT2D eigenvalue weighted by molar-refractivity contribution is 0.0940. The zero-order chi connectivity index (χ0) is 13.2. The van der Waals surface area contributed by atoms with Gasteiger partial charge < -0.3 is 5.32 Å². The molecule has 0 fully saturated rings. The molecule has 0 aliphatic heterocycles. The Kier molecular flexibility index (Phi) is 3.22. The largest absolute Gasteiger partial charge is 0.349 e. The molecule has 1 heterocycles. The Hall–Kier alpha value is -1.87. The summed E-state index contributed by atoms with van der Waals surface area (Å²) in [6.45, 7) is 0. The number of benzene rings is 1. The van der Waals surface area contributed by atoms with Crippen molar-refractivity contribution in [3.63, 3.8) is 0 Å². The maximum atomic E-state index is 12.3. The molecule has 0 saturated heterocycles. The molecule has 19 heavy (non-hydrogen) atoms. The standard InChI is InChI=1S/C15H13ClN2O/c16-14-9-12(11-7-3-4-8-13(11)18-14)15(19)17-10-5-1-2-6-10/h1-4,7-10H,5-6H2,(H,17,19). The van der Waals surface area contributed by atoms with Gasteiger partial charge in [0.25, 0.3) is 5.91 Å². The molecule has 1 N–H and O–H groups in total. The average Bonchev–Trinajstić information content (AvgIpc) is 2.90. The molecule has 3 rings (SSSR count). The highest BCUT2D eigenvalue weighted by atomic mass is 35.5. The number of fused-ring (bicyclic) bond motifs is 1. The Morgan fingerprint density at radius 2 is 2.00 bits per heavy atom. The molecule has 0 unspecified atom stereocenters. The van der Waals surface area contributed by atoms with Gasteiger partial charge in [0.15, 0.2) is 0 Å². The van der Waals surface area contributed by atoms with E-state index in [1.807, 2.05) is 24.3 Å². The van der Waals surface area contributed by atoms with E-state index in [-0.39, 0.29) is 11.9 Å². The molecular formula is C15H13ClN2O. The third-order valence-corrected chi connectivity index (χ3v) is 3.47. The van der Waals surface area contributed by atoms with Crippen LogP contribution in [0.2, 0.25) is 5.15 Å². The second kappa shape index (κ2) is 5.02. The van der Waals surface area contributed by atoms with E-state index in [1.54, 1.807) is 6.07 Å². The number of hydrogen-bond acceptors (Lipinski definition) is 2. The molecule has 1 aliphatic carbocycles. The summed E-state index contributed by atoms with van der Waals surface area (Å²) in [4.78, 5) is 16.6. The van der Waals surface area contributed by atoms with Crippen LogP contribution in [0.25, 0.3) is 10.9 Å². The summed E-state index contributed by atoms with van der Waals surface area (Å²) in [5.74, 6) is -0.0887. The third-order valence-electron chi connectivity index (χ3n) is 3.27. The van der Waals surface area contributed by atoms with Gasteiger partial charge in [0, 0.05) is 11.4 Å². The molecule has 0 atom stereocenters. The molecule has 0 spiro atoms. The second-order valence-electron chi connectivity index (χ2n) is 4.62. The van der Waals surface area contributed by atoms with Crippen molar-refractivity contribution in [3.8, 4) is 0 Å². The molecule has 4 heteroatoms. The van der Waals surface area contributed by atoms with Crippen LogP contribution in [-0.2, 0) is 0 Å². The summed E-state index contributed by atoms with van der Waals surface area (Å²) in [6.07, 6.45) is 5.95. The molecule has 2 aromatic rings. The van der Waals surface area contributed by atoms with Gasteiger partial charge in [-0.25, -0.2) is 4.98 Å². The predicted octanol–water partition coefficient (Wildman–Crippen LogP) is 3.34. The molecule has 1 aromatic heterocycles. The van der Waals surface area contributed by atoms with Crippen LogP contribution in [0, 0.1) is 0 Å². The van der Waals surface area contributed by atoms with Gasteiger partial charge in [-0.05, 0) is 25.0 Å². The van der Waals surface area contributed by atoms with Gasteiger partial charge in [0.2, 0.25) is 0 Å². The highest BCUT2D eigenvalue weighted by Gasteiger charge is 2.17. The number of carbonyl (C=O) groups excluding carboxylic acids is 1. The maximum absolute atomic E-state index is 12.3. The van der Waals surface area contributed by atoms with Crippen molar-refractivity contribution in [1.82, 2.24) is 10.3 Å². The molecule has 0 radical (unpaired) electrons. The number of para-hydroxylation sites is 1. The van der Waals surface area contributed by atoms with Crippen LogP contribution in [-0.4, -0.2) is 16.9 Å². The fourth-order valence-corrected chi connectivity index (χ4v) is 2.53. The SMILES string of the molecule is O=C(NC1CC=CC1)c1cc(Cl)nc2ccccc12. The summed E-state index contributed by atoms with van der Waals surface area (Å²) >= 11 is 5.98. The molecule has 1 amide bonds. The number of nitrogens with one attached hydrogen (secondary N) is 1. The van der Waals surface area contributed by atoms with Crippen LogP contribution in [0.15, 0.2) is 42.5 Å². The topological polar surface area (TPSA) is 42.0 Å². The zero-order valence-electron chi connectivity index (χ0n) is 10.3. The fourth-order valence-electron chi connectivity index (χ4n) is 2.33. The summed E-state index contributed by atoms with van der Waals surface area (Å²) in [5.41, 5.74) is 1.33. The minimum atomic E-state index is -0.0887. The minimum absolute atomic E-state index is 0.0887. The Morgan fingerprint density at radius 3 is 2.79 bits per heavy atom. The van der Waals surface area contributed by atoms with Gasteiger partial charge in [-0.1, -0.05) is 42.0 Å². The van der Waals surface area contributed by atoms with Crippen molar-refractivity contribution in [3.05, 3.63) is 53.2 Å². The Balaban J connectivity index is 1.96. The summed E-state index contributed by atoms with van der Waals surface area (Å²) < 4.78 is 0. The molecular weight excluding hydrogens is 260 g/mol. The normalized spacial score (nSPS) is 15.0. The van der Waals surface area contributed by atoms with Gasteiger partial charge in [-0.2, -0.15) is 0 Å². The van der Waals surface area contributed by atoms with E-state index in [9.17, 15) is 4.79 Å². The Labute approximate surface area is 116 Å². The first kappa shape index (κ1) is 12.2. The number of rotatable bonds is 2. The van der Waals surface area contributed by atoms with Crippen LogP contribution < -0.4 is 5.32 Å². The van der Waals surface area contributed by atoms with Gasteiger partial charge in [0.05, 0.1) is 11.1 Å². The Bertz CT molecular complexity index is 658. The van der Waals surface area contributed by atoms with Crippen LogP contribution in [0.3, 0.4) is 0 Å². The van der Waals surface area contributed by atoms with E-state index in [0.717, 1.165) is 23.7 Å². The first-order valence-corrected chi connectivity index (χ1v) is 6.63. The molecule has 1 aliphatic rings. The van der Waals surface area contributed by atoms with Crippen LogP contribution >= 0.6 is 11.6 Å². The molecule has 0 saturated carbocycles. The number of halogens is 1. The number of amides is 1. The first-order valence-electron chi connectivity index (χ1n) is 6.25. The minimum Gasteiger partial charge on any atom is -0.349 e. The lowest BCUT2D eigenvalue weighted by atomic mass is 10.1. The number of hydrogen-bond donors (Lipinski definition) is 1. The summed E-state index contributed by atoms with van der Waals surface area (Å²) in [6, 6.07) is 9.34. The smallest absolute Gasteiger partial charge is 0.252 e. The van der Waals surface area contributed by atoms with Crippen molar-refractivity contribution in [2.45, 2.75) is 18.9 Å². The average molecular weight is 273 g/mol. The number of aromatic nitrogens is 1. The van der Waals surface area contributed by atoms with E-state index in [4.69, 9.17) is 11.6 Å². The van der Waals surface area contributed by atoms with Crippen molar-refractivity contribution < 1.29 is 4.79 Å². The quantitative estimate of drug-likeness (QED) is 0.673. The van der Waals surface area contributed by atoms with E-state index in [2.05, 4.69) is 22.5 Å². The van der Waals surface area contributed by atoms with E-state index in [0.29, 0.717) is 10.7 Å². The summed E-state index contributed by atoms with van der Waals surface area (Å²) in [5, 5.41) is 4.20. The zero-order valence-corrected chi connectivity index (χ0v) is 11.0. The van der Waals surface area contributed by atoms with E-state index in [1.165, 1.54) is 0 Å². The van der Waals surface area contributed by atoms with Crippen LogP contribution in [0.5, 0.6) is 0 Å². The molecule has 1 aromatic carbocycles. The van der Waals surface area contributed by atoms with Gasteiger partial charge in [-0.3, -0.25) is 4.79 Å². The van der Waals surface area contributed by atoms with Crippen molar-refractivity contribution in [1.29, 1.82) is 0 Å². The lowest BCUT2D eigenvalue weighted by Gasteiger charge is -2.13. The molecule has 96 valence electrons. The number of carbonyl (C=O) groups is 1. The van der Waals surface area contributed by atoms with Gasteiger partial charge >= 0.3 is 0 Å². The van der Waals surface area contributed by atoms with Crippen molar-refractivity contribution in [2.75, 3.05) is 0 Å². The molecule has 3 nitrogen and oxygen atoms in total. The van der Waals surface area contributed by atoms with Crippen molar-refractivity contribution in [2.24, 2.45) is 0 Å². The highest BCUT2D eigenvalue weighted by molar-refractivity contribution is 6.30. The highest BCUT2D eigenvalue weighted by Crippen LogP contribution is 2.21. The fraction of sp³-hybridized carbons (Fsp3) is 0.200. The van der Waals surface area contributed by atoms with Crippen LogP contribution in [0.4, 0.5) is 0 Å². The van der Waals surface area contributed by atoms with Gasteiger partial charge in [0.1, 0.15) is 5.15 Å². The summed E-state index contributed by atoms with van der Waals surface area (Å²) in [7, 11) is 0. The molecule has 0 bridgehead atoms. The first-order chi connectivity index (χ1) is 9.24. The monoisotopic (exact) mass is 272 g/mol. The van der Waals surface area contributed by atoms with Crippen molar-refractivity contribution >= 4 is 28.4 Å². The number of pyridine rings is 1. The van der Waals surface area contributed by atoms with E-state index < -0.39 is 0 Å². The van der Waals surface area contributed by atoms with Gasteiger partial charge in [-0.15, -0.1) is 0 Å². The van der Waals surface area contributed by atoms with Crippen LogP contribution in [0.1, 0.15) is 23.2 Å². The predicted molar refractivity (Wildman–Crippen MR) is 76.4 cm³/mol. The maximum Gasteiger partial charge on any atom is 0.252 e. The second-order valence-corrected chi connectivity index (χ2v) is 5.01. The third kappa shape index (κ3) is 2.47.